The van der Waals surface area contributed by atoms with E-state index in [1.54, 1.807) is 7.11 Å². The molecule has 0 saturated carbocycles. The van der Waals surface area contributed by atoms with E-state index in [-0.39, 0.29) is 5.91 Å². The zero-order valence-corrected chi connectivity index (χ0v) is 11.7. The lowest BCUT2D eigenvalue weighted by Gasteiger charge is -2.09. The highest BCUT2D eigenvalue weighted by Crippen LogP contribution is 2.22. The molecule has 0 heterocycles. The van der Waals surface area contributed by atoms with E-state index in [2.05, 4.69) is 10.6 Å². The average molecular weight is 272 g/mol. The molecule has 0 aliphatic heterocycles. The molecule has 0 aliphatic carbocycles. The van der Waals surface area contributed by atoms with Crippen LogP contribution < -0.4 is 10.6 Å². The van der Waals surface area contributed by atoms with Crippen LogP contribution in [0.4, 0.5) is 5.69 Å². The Labute approximate surface area is 119 Å². The molecular weight excluding hydrogens is 252 g/mol. The quantitative estimate of drug-likeness (QED) is 0.761. The number of ether oxygens (including phenoxy) is 1. The van der Waals surface area contributed by atoms with Gasteiger partial charge in [0.1, 0.15) is 0 Å². The zero-order valence-electron chi connectivity index (χ0n) is 11.7. The third-order valence-electron chi connectivity index (χ3n) is 3.05. The molecule has 0 aliphatic rings. The van der Waals surface area contributed by atoms with E-state index in [0.29, 0.717) is 13.2 Å². The summed E-state index contributed by atoms with van der Waals surface area (Å²) in [7, 11) is 1.67. The van der Waals surface area contributed by atoms with E-state index < -0.39 is 0 Å². The summed E-state index contributed by atoms with van der Waals surface area (Å²) in [5.41, 5.74) is 0.854. The van der Waals surface area contributed by atoms with E-state index >= 15 is 0 Å². The Morgan fingerprint density at radius 3 is 2.80 bits per heavy atom. The SMILES string of the molecule is COCCCNCC(=O)Nc1cccc2ccccc12. The molecule has 4 nitrogen and oxygen atoms in total. The molecular formula is C16H20N2O2. The van der Waals surface area contributed by atoms with Crippen molar-refractivity contribution in [1.82, 2.24) is 5.32 Å². The number of fused-ring (bicyclic) bond motifs is 1. The Morgan fingerprint density at radius 2 is 1.95 bits per heavy atom. The molecule has 2 aromatic carbocycles. The van der Waals surface area contributed by atoms with E-state index in [9.17, 15) is 4.79 Å². The Balaban J connectivity index is 1.90. The third kappa shape index (κ3) is 4.05. The van der Waals surface area contributed by atoms with Crippen molar-refractivity contribution >= 4 is 22.4 Å². The number of rotatable bonds is 7. The number of benzene rings is 2. The molecule has 0 bridgehead atoms. The van der Waals surface area contributed by atoms with E-state index in [0.717, 1.165) is 29.4 Å². The molecule has 2 N–H and O–H groups in total. The lowest BCUT2D eigenvalue weighted by Crippen LogP contribution is -2.29. The largest absolute Gasteiger partial charge is 0.385 e. The number of carbonyl (C=O) groups excluding carboxylic acids is 1. The van der Waals surface area contributed by atoms with Crippen molar-refractivity contribution in [2.45, 2.75) is 6.42 Å². The van der Waals surface area contributed by atoms with Gasteiger partial charge >= 0.3 is 0 Å². The summed E-state index contributed by atoms with van der Waals surface area (Å²) in [6.07, 6.45) is 0.901. The second-order valence-corrected chi connectivity index (χ2v) is 4.60. The van der Waals surface area contributed by atoms with Crippen LogP contribution in [-0.2, 0) is 9.53 Å². The maximum absolute atomic E-state index is 11.9. The second-order valence-electron chi connectivity index (χ2n) is 4.60. The molecule has 2 aromatic rings. The fourth-order valence-electron chi connectivity index (χ4n) is 2.07. The number of hydrogen-bond donors (Lipinski definition) is 2. The van der Waals surface area contributed by atoms with Crippen LogP contribution in [0.3, 0.4) is 0 Å². The topological polar surface area (TPSA) is 50.4 Å². The minimum atomic E-state index is -0.0289. The number of methoxy groups -OCH3 is 1. The molecule has 2 rings (SSSR count). The normalized spacial score (nSPS) is 10.7. The van der Waals surface area contributed by atoms with Gasteiger partial charge in [-0.05, 0) is 24.4 Å². The van der Waals surface area contributed by atoms with Crippen LogP contribution in [0.5, 0.6) is 0 Å². The standard InChI is InChI=1S/C16H20N2O2/c1-20-11-5-10-17-12-16(19)18-15-9-4-7-13-6-2-3-8-14(13)15/h2-4,6-9,17H,5,10-12H2,1H3,(H,18,19). The maximum atomic E-state index is 11.9. The summed E-state index contributed by atoms with van der Waals surface area (Å²) in [4.78, 5) is 11.9. The van der Waals surface area contributed by atoms with Crippen LogP contribution in [0.2, 0.25) is 0 Å². The van der Waals surface area contributed by atoms with Gasteiger partial charge in [-0.15, -0.1) is 0 Å². The molecule has 0 saturated heterocycles. The number of amides is 1. The third-order valence-corrected chi connectivity index (χ3v) is 3.05. The van der Waals surface area contributed by atoms with Gasteiger partial charge in [0.15, 0.2) is 0 Å². The fraction of sp³-hybridized carbons (Fsp3) is 0.312. The predicted molar refractivity (Wildman–Crippen MR) is 81.9 cm³/mol. The Morgan fingerprint density at radius 1 is 1.15 bits per heavy atom. The summed E-state index contributed by atoms with van der Waals surface area (Å²) >= 11 is 0. The first-order chi connectivity index (χ1) is 9.81. The van der Waals surface area contributed by atoms with Gasteiger partial charge in [-0.2, -0.15) is 0 Å². The summed E-state index contributed by atoms with van der Waals surface area (Å²) < 4.78 is 4.95. The smallest absolute Gasteiger partial charge is 0.238 e. The van der Waals surface area contributed by atoms with Crippen molar-refractivity contribution < 1.29 is 9.53 Å². The molecule has 1 amide bonds. The number of carbonyl (C=O) groups is 1. The van der Waals surface area contributed by atoms with Gasteiger partial charge in [-0.25, -0.2) is 0 Å². The van der Waals surface area contributed by atoms with Gasteiger partial charge in [-0.1, -0.05) is 36.4 Å². The Kier molecular flexibility index (Phi) is 5.53. The molecule has 0 unspecified atom stereocenters. The Hall–Kier alpha value is -1.91. The van der Waals surface area contributed by atoms with Gasteiger partial charge in [0.05, 0.1) is 6.54 Å². The fourth-order valence-corrected chi connectivity index (χ4v) is 2.07. The molecule has 0 radical (unpaired) electrons. The molecule has 106 valence electrons. The summed E-state index contributed by atoms with van der Waals surface area (Å²) in [5, 5.41) is 8.22. The first kappa shape index (κ1) is 14.5. The lowest BCUT2D eigenvalue weighted by atomic mass is 10.1. The molecule has 0 aromatic heterocycles. The molecule has 0 fully saturated rings. The van der Waals surface area contributed by atoms with Gasteiger partial charge < -0.3 is 15.4 Å². The van der Waals surface area contributed by atoms with Crippen LogP contribution in [0.1, 0.15) is 6.42 Å². The number of nitrogens with one attached hydrogen (secondary N) is 2. The van der Waals surface area contributed by atoms with E-state index in [1.807, 2.05) is 42.5 Å². The second kappa shape index (κ2) is 7.62. The van der Waals surface area contributed by atoms with Crippen molar-refractivity contribution in [1.29, 1.82) is 0 Å². The van der Waals surface area contributed by atoms with Crippen LogP contribution in [0, 0.1) is 0 Å². The van der Waals surface area contributed by atoms with Gasteiger partial charge in [0.25, 0.3) is 0 Å². The minimum Gasteiger partial charge on any atom is -0.385 e. The number of anilines is 1. The zero-order chi connectivity index (χ0) is 14.2. The molecule has 20 heavy (non-hydrogen) atoms. The average Bonchev–Trinajstić information content (AvgIpc) is 2.47. The summed E-state index contributed by atoms with van der Waals surface area (Å²) in [5.74, 6) is -0.0289. The lowest BCUT2D eigenvalue weighted by molar-refractivity contribution is -0.115. The monoisotopic (exact) mass is 272 g/mol. The highest BCUT2D eigenvalue weighted by Gasteiger charge is 2.04. The van der Waals surface area contributed by atoms with Gasteiger partial charge in [0.2, 0.25) is 5.91 Å². The molecule has 0 atom stereocenters. The van der Waals surface area contributed by atoms with Gasteiger partial charge in [0, 0.05) is 24.8 Å². The van der Waals surface area contributed by atoms with Crippen LogP contribution in [0.25, 0.3) is 10.8 Å². The van der Waals surface area contributed by atoms with Crippen LogP contribution >= 0.6 is 0 Å². The summed E-state index contributed by atoms with van der Waals surface area (Å²) in [6.45, 7) is 1.79. The van der Waals surface area contributed by atoms with Crippen LogP contribution in [-0.4, -0.2) is 32.7 Å². The van der Waals surface area contributed by atoms with Crippen molar-refractivity contribution in [3.8, 4) is 0 Å². The minimum absolute atomic E-state index is 0.0289. The van der Waals surface area contributed by atoms with Crippen molar-refractivity contribution in [2.75, 3.05) is 32.1 Å². The van der Waals surface area contributed by atoms with Crippen molar-refractivity contribution in [3.05, 3.63) is 42.5 Å². The first-order valence-corrected chi connectivity index (χ1v) is 6.78. The van der Waals surface area contributed by atoms with Crippen LogP contribution in [0.15, 0.2) is 42.5 Å². The van der Waals surface area contributed by atoms with E-state index in [4.69, 9.17) is 4.74 Å². The number of hydrogen-bond acceptors (Lipinski definition) is 3. The maximum Gasteiger partial charge on any atom is 0.238 e. The highest BCUT2D eigenvalue weighted by molar-refractivity contribution is 6.02. The predicted octanol–water partition coefficient (Wildman–Crippen LogP) is 2.40. The van der Waals surface area contributed by atoms with Crippen molar-refractivity contribution in [2.24, 2.45) is 0 Å². The molecule has 0 spiro atoms. The van der Waals surface area contributed by atoms with Crippen molar-refractivity contribution in [3.63, 3.8) is 0 Å². The Bertz CT molecular complexity index is 564. The summed E-state index contributed by atoms with van der Waals surface area (Å²) in [6, 6.07) is 13.9. The highest BCUT2D eigenvalue weighted by atomic mass is 16.5. The molecule has 4 heteroatoms. The van der Waals surface area contributed by atoms with Gasteiger partial charge in [-0.3, -0.25) is 4.79 Å². The first-order valence-electron chi connectivity index (χ1n) is 6.78. The van der Waals surface area contributed by atoms with E-state index in [1.165, 1.54) is 0 Å².